The summed E-state index contributed by atoms with van der Waals surface area (Å²) in [6.45, 7) is 17.9. The smallest absolute Gasteiger partial charge is 0.412 e. The van der Waals surface area contributed by atoms with E-state index < -0.39 is 27.9 Å². The van der Waals surface area contributed by atoms with Crippen LogP contribution in [0.4, 0.5) is 4.79 Å². The second-order valence-electron chi connectivity index (χ2n) is 17.1. The molecule has 0 fully saturated rings. The van der Waals surface area contributed by atoms with E-state index in [4.69, 9.17) is 0 Å². The lowest BCUT2D eigenvalue weighted by atomic mass is 9.46. The number of allylic oxidation sites excluding steroid dienone is 3. The van der Waals surface area contributed by atoms with E-state index in [0.717, 1.165) is 63.1 Å². The average Bonchev–Trinajstić information content (AvgIpc) is 3.29. The van der Waals surface area contributed by atoms with E-state index in [1.807, 2.05) is 4.90 Å². The summed E-state index contributed by atoms with van der Waals surface area (Å²) in [6.07, 6.45) is 1.13. The molecule has 1 aliphatic carbocycles. The molecule has 3 atom stereocenters. The van der Waals surface area contributed by atoms with Crippen LogP contribution < -0.4 is 0 Å². The van der Waals surface area contributed by atoms with Crippen molar-refractivity contribution in [3.63, 3.8) is 0 Å². The average molecular weight is 792 g/mol. The van der Waals surface area contributed by atoms with Gasteiger partial charge in [-0.25, -0.2) is 4.79 Å². The molecule has 0 spiro atoms. The molecule has 0 saturated heterocycles. The van der Waals surface area contributed by atoms with Crippen molar-refractivity contribution in [2.45, 2.75) is 96.4 Å². The van der Waals surface area contributed by atoms with Crippen molar-refractivity contribution < 1.29 is 9.90 Å². The highest BCUT2D eigenvalue weighted by Gasteiger charge is 2.63. The van der Waals surface area contributed by atoms with Gasteiger partial charge in [0.05, 0.1) is 16.7 Å². The maximum absolute atomic E-state index is 14.9. The van der Waals surface area contributed by atoms with Crippen molar-refractivity contribution in [3.8, 4) is 0 Å². The fraction of sp³-hybridized carbons (Fsp3) is 0.281. The zero-order chi connectivity index (χ0) is 42.7. The molecular formula is C57H61NO2. The van der Waals surface area contributed by atoms with E-state index in [1.54, 1.807) is 0 Å². The van der Waals surface area contributed by atoms with Gasteiger partial charge in [-0.3, -0.25) is 4.90 Å². The van der Waals surface area contributed by atoms with Crippen molar-refractivity contribution in [1.82, 2.24) is 4.90 Å². The van der Waals surface area contributed by atoms with Crippen LogP contribution >= 0.6 is 0 Å². The molecule has 306 valence electrons. The second-order valence-corrected chi connectivity index (χ2v) is 17.1. The Labute approximate surface area is 359 Å². The monoisotopic (exact) mass is 791 g/mol. The fourth-order valence-electron chi connectivity index (χ4n) is 11.9. The van der Waals surface area contributed by atoms with Crippen LogP contribution in [0.1, 0.15) is 107 Å². The van der Waals surface area contributed by atoms with Crippen LogP contribution in [0.25, 0.3) is 5.57 Å². The lowest BCUT2D eigenvalue weighted by Crippen LogP contribution is -2.68. The van der Waals surface area contributed by atoms with E-state index >= 15 is 0 Å². The number of carbonyl (C=O) groups is 1. The molecule has 0 radical (unpaired) electrons. The van der Waals surface area contributed by atoms with Gasteiger partial charge in [0.25, 0.3) is 0 Å². The van der Waals surface area contributed by atoms with Crippen LogP contribution in [-0.2, 0) is 16.2 Å². The molecule has 0 aromatic heterocycles. The van der Waals surface area contributed by atoms with E-state index in [1.165, 1.54) is 11.1 Å². The third-order valence-electron chi connectivity index (χ3n) is 14.8. The first kappa shape index (κ1) is 42.2. The van der Waals surface area contributed by atoms with Crippen LogP contribution in [0, 0.1) is 12.8 Å². The molecule has 6 aromatic carbocycles. The van der Waals surface area contributed by atoms with Gasteiger partial charge in [0, 0.05) is 10.8 Å². The first-order valence-electron chi connectivity index (χ1n) is 21.8. The van der Waals surface area contributed by atoms with Gasteiger partial charge in [-0.05, 0) is 109 Å². The quantitative estimate of drug-likeness (QED) is 0.127. The molecule has 3 heteroatoms. The molecule has 0 bridgehead atoms. The van der Waals surface area contributed by atoms with Crippen molar-refractivity contribution in [2.75, 3.05) is 0 Å². The van der Waals surface area contributed by atoms with Crippen molar-refractivity contribution in [3.05, 3.63) is 232 Å². The lowest BCUT2D eigenvalue weighted by Gasteiger charge is -2.62. The number of aryl methyl sites for hydroxylation is 1. The molecule has 0 heterocycles. The summed E-state index contributed by atoms with van der Waals surface area (Å²) in [5, 5.41) is 12.2. The van der Waals surface area contributed by atoms with Gasteiger partial charge in [-0.15, -0.1) is 0 Å². The van der Waals surface area contributed by atoms with Crippen LogP contribution in [0.5, 0.6) is 0 Å². The predicted molar refractivity (Wildman–Crippen MR) is 250 cm³/mol. The molecule has 1 aliphatic rings. The minimum atomic E-state index is -1.01. The summed E-state index contributed by atoms with van der Waals surface area (Å²) < 4.78 is 0. The van der Waals surface area contributed by atoms with Crippen molar-refractivity contribution in [2.24, 2.45) is 5.92 Å². The Hall–Kier alpha value is -5.93. The standard InChI is InChI=1S/C57H61NO2/c1-9-50-42(5)52(43(6)51(49-40-28-27-29-41(49)4)57(50,47-36-23-15-24-37-47)48-38-25-16-26-39-48)58(53(59)60)54(7,10-2)55(8,44-30-17-12-18-31-44)56(11-3,45-32-19-13-20-33-45)46-34-21-14-22-35-46/h12-40,50H,9-11H2,1-8H3,(H,59,60). The van der Waals surface area contributed by atoms with Gasteiger partial charge in [0.2, 0.25) is 0 Å². The van der Waals surface area contributed by atoms with Gasteiger partial charge >= 0.3 is 6.09 Å². The number of hydrogen-bond acceptors (Lipinski definition) is 1. The Balaban J connectivity index is 1.66. The molecule has 0 aliphatic heterocycles. The fourth-order valence-corrected chi connectivity index (χ4v) is 11.9. The molecule has 60 heavy (non-hydrogen) atoms. The number of nitrogens with zero attached hydrogens (tertiary/aromatic N) is 1. The van der Waals surface area contributed by atoms with Gasteiger partial charge in [-0.2, -0.15) is 0 Å². The number of carboxylic acid groups (broad SMARTS) is 1. The summed E-state index contributed by atoms with van der Waals surface area (Å²) in [6, 6.07) is 62.8. The van der Waals surface area contributed by atoms with Gasteiger partial charge in [-0.1, -0.05) is 204 Å². The van der Waals surface area contributed by atoms with Gasteiger partial charge in [0.15, 0.2) is 0 Å². The minimum Gasteiger partial charge on any atom is -0.465 e. The van der Waals surface area contributed by atoms with E-state index in [2.05, 4.69) is 231 Å². The predicted octanol–water partition coefficient (Wildman–Crippen LogP) is 14.6. The summed E-state index contributed by atoms with van der Waals surface area (Å²) in [5.74, 6) is -0.0827. The van der Waals surface area contributed by atoms with Crippen molar-refractivity contribution in [1.29, 1.82) is 0 Å². The Morgan fingerprint density at radius 2 is 1.00 bits per heavy atom. The summed E-state index contributed by atoms with van der Waals surface area (Å²) >= 11 is 0. The molecule has 3 unspecified atom stereocenters. The molecule has 1 amide bonds. The second kappa shape index (κ2) is 17.0. The van der Waals surface area contributed by atoms with Crippen LogP contribution in [0.3, 0.4) is 0 Å². The number of hydrogen-bond donors (Lipinski definition) is 1. The van der Waals surface area contributed by atoms with Gasteiger partial charge in [0.1, 0.15) is 0 Å². The largest absolute Gasteiger partial charge is 0.465 e. The van der Waals surface area contributed by atoms with E-state index in [9.17, 15) is 9.90 Å². The Kier molecular flexibility index (Phi) is 11.9. The minimum absolute atomic E-state index is 0.0827. The lowest BCUT2D eigenvalue weighted by molar-refractivity contribution is 0.0200. The van der Waals surface area contributed by atoms with Crippen LogP contribution in [0.15, 0.2) is 193 Å². The highest BCUT2D eigenvalue weighted by atomic mass is 16.4. The van der Waals surface area contributed by atoms with Crippen molar-refractivity contribution >= 4 is 11.7 Å². The molecule has 6 aromatic rings. The topological polar surface area (TPSA) is 40.5 Å². The zero-order valence-corrected chi connectivity index (χ0v) is 36.7. The molecule has 3 nitrogen and oxygen atoms in total. The summed E-state index contributed by atoms with van der Waals surface area (Å²) in [7, 11) is 0. The van der Waals surface area contributed by atoms with Gasteiger partial charge < -0.3 is 5.11 Å². The van der Waals surface area contributed by atoms with E-state index in [-0.39, 0.29) is 5.92 Å². The molecule has 0 saturated carbocycles. The maximum atomic E-state index is 14.9. The number of benzene rings is 6. The maximum Gasteiger partial charge on any atom is 0.412 e. The van der Waals surface area contributed by atoms with E-state index in [0.29, 0.717) is 6.42 Å². The SMILES string of the molecule is CCC1C(C)=C(N(C(=O)O)C(C)(CC)C(C)(c2ccccc2)C(CC)(c2ccccc2)c2ccccc2)C(C)=C(c2ccccc2C)C1(c1ccccc1)c1ccccc1. The number of rotatable bonds is 13. The molecular weight excluding hydrogens is 731 g/mol. The van der Waals surface area contributed by atoms with Crippen LogP contribution in [0.2, 0.25) is 0 Å². The normalized spacial score (nSPS) is 17.4. The third-order valence-corrected chi connectivity index (χ3v) is 14.8. The highest BCUT2D eigenvalue weighted by molar-refractivity contribution is 5.89. The van der Waals surface area contributed by atoms with Crippen LogP contribution in [-0.4, -0.2) is 21.6 Å². The summed E-state index contributed by atoms with van der Waals surface area (Å²) in [5.41, 5.74) is 9.04. The number of amides is 1. The highest BCUT2D eigenvalue weighted by Crippen LogP contribution is 2.63. The Morgan fingerprint density at radius 3 is 1.40 bits per heavy atom. The first-order chi connectivity index (χ1) is 29.0. The Bertz CT molecular complexity index is 2390. The Morgan fingerprint density at radius 1 is 0.583 bits per heavy atom. The zero-order valence-electron chi connectivity index (χ0n) is 36.7. The third kappa shape index (κ3) is 6.28. The molecule has 7 rings (SSSR count). The first-order valence-corrected chi connectivity index (χ1v) is 21.8. The molecule has 1 N–H and O–H groups in total. The summed E-state index contributed by atoms with van der Waals surface area (Å²) in [4.78, 5) is 16.8.